The molecule has 0 saturated carbocycles. The molecule has 0 radical (unpaired) electrons. The maximum absolute atomic E-state index is 14.0. The van der Waals surface area contributed by atoms with Crippen molar-refractivity contribution in [1.82, 2.24) is 9.97 Å². The molecule has 2 saturated heterocycles. The van der Waals surface area contributed by atoms with Crippen LogP contribution in [0.15, 0.2) is 36.5 Å². The molecule has 2 aliphatic heterocycles. The molecule has 2 aromatic rings. The highest BCUT2D eigenvalue weighted by atomic mass is 19.1. The minimum absolute atomic E-state index is 0.154. The number of piperazine rings is 1. The average Bonchev–Trinajstić information content (AvgIpc) is 2.69. The number of halogens is 1. The number of anilines is 3. The molecule has 0 N–H and O–H groups in total. The van der Waals surface area contributed by atoms with E-state index < -0.39 is 0 Å². The van der Waals surface area contributed by atoms with Gasteiger partial charge in [0.2, 0.25) is 5.95 Å². The van der Waals surface area contributed by atoms with E-state index in [0.717, 1.165) is 57.0 Å². The van der Waals surface area contributed by atoms with Gasteiger partial charge in [-0.1, -0.05) is 19.1 Å². The van der Waals surface area contributed by atoms with E-state index in [1.807, 2.05) is 24.4 Å². The summed E-state index contributed by atoms with van der Waals surface area (Å²) in [6.45, 7) is 7.60. The van der Waals surface area contributed by atoms with Crippen molar-refractivity contribution in [2.24, 2.45) is 5.92 Å². The molecule has 2 fully saturated rings. The summed E-state index contributed by atoms with van der Waals surface area (Å²) in [5.41, 5.74) is 0.684. The number of piperidine rings is 1. The van der Waals surface area contributed by atoms with Crippen molar-refractivity contribution in [3.05, 3.63) is 42.3 Å². The molecule has 1 aromatic carbocycles. The summed E-state index contributed by atoms with van der Waals surface area (Å²) in [6.07, 6.45) is 4.31. The predicted octanol–water partition coefficient (Wildman–Crippen LogP) is 3.18. The van der Waals surface area contributed by atoms with Crippen LogP contribution in [-0.4, -0.2) is 49.2 Å². The predicted molar refractivity (Wildman–Crippen MR) is 103 cm³/mol. The number of benzene rings is 1. The molecule has 6 heteroatoms. The molecule has 3 heterocycles. The Hall–Kier alpha value is -2.37. The van der Waals surface area contributed by atoms with Gasteiger partial charge in [0.25, 0.3) is 0 Å². The summed E-state index contributed by atoms with van der Waals surface area (Å²) in [6, 6.07) is 8.99. The van der Waals surface area contributed by atoms with Crippen LogP contribution in [0, 0.1) is 11.7 Å². The van der Waals surface area contributed by atoms with E-state index in [9.17, 15) is 4.39 Å². The van der Waals surface area contributed by atoms with Gasteiger partial charge in [-0.25, -0.2) is 9.37 Å². The third-order valence-electron chi connectivity index (χ3n) is 5.49. The van der Waals surface area contributed by atoms with E-state index in [-0.39, 0.29) is 5.82 Å². The minimum Gasteiger partial charge on any atom is -0.366 e. The van der Waals surface area contributed by atoms with Crippen LogP contribution in [0.5, 0.6) is 0 Å². The third-order valence-corrected chi connectivity index (χ3v) is 5.49. The molecule has 0 amide bonds. The fourth-order valence-corrected chi connectivity index (χ4v) is 3.76. The molecule has 2 aliphatic rings. The van der Waals surface area contributed by atoms with Gasteiger partial charge in [-0.2, -0.15) is 4.98 Å². The summed E-state index contributed by atoms with van der Waals surface area (Å²) >= 11 is 0. The fourth-order valence-electron chi connectivity index (χ4n) is 3.76. The van der Waals surface area contributed by atoms with Gasteiger partial charge < -0.3 is 14.7 Å². The summed E-state index contributed by atoms with van der Waals surface area (Å²) in [5, 5.41) is 0. The number of aromatic nitrogens is 2. The highest BCUT2D eigenvalue weighted by molar-refractivity contribution is 5.50. The first-order valence-electron chi connectivity index (χ1n) is 9.53. The van der Waals surface area contributed by atoms with Gasteiger partial charge in [0.05, 0.1) is 5.69 Å². The Labute approximate surface area is 154 Å². The minimum atomic E-state index is -0.154. The molecule has 0 bridgehead atoms. The first-order chi connectivity index (χ1) is 12.7. The van der Waals surface area contributed by atoms with Crippen molar-refractivity contribution in [1.29, 1.82) is 0 Å². The van der Waals surface area contributed by atoms with Gasteiger partial charge in [-0.15, -0.1) is 0 Å². The third kappa shape index (κ3) is 3.59. The topological polar surface area (TPSA) is 35.5 Å². The van der Waals surface area contributed by atoms with Gasteiger partial charge in [0, 0.05) is 45.5 Å². The second-order valence-corrected chi connectivity index (χ2v) is 7.31. The summed E-state index contributed by atoms with van der Waals surface area (Å²) < 4.78 is 14.0. The van der Waals surface area contributed by atoms with Crippen molar-refractivity contribution >= 4 is 17.5 Å². The van der Waals surface area contributed by atoms with E-state index in [4.69, 9.17) is 4.98 Å². The van der Waals surface area contributed by atoms with Gasteiger partial charge in [0.15, 0.2) is 0 Å². The Morgan fingerprint density at radius 2 is 1.58 bits per heavy atom. The lowest BCUT2D eigenvalue weighted by atomic mass is 9.99. The van der Waals surface area contributed by atoms with Crippen LogP contribution < -0.4 is 14.7 Å². The highest BCUT2D eigenvalue weighted by Crippen LogP contribution is 2.24. The van der Waals surface area contributed by atoms with Crippen LogP contribution in [0.3, 0.4) is 0 Å². The van der Waals surface area contributed by atoms with Crippen molar-refractivity contribution in [2.45, 2.75) is 19.8 Å². The smallest absolute Gasteiger partial charge is 0.227 e. The average molecular weight is 355 g/mol. The Balaban J connectivity index is 1.42. The summed E-state index contributed by atoms with van der Waals surface area (Å²) in [5.74, 6) is 2.46. The molecule has 26 heavy (non-hydrogen) atoms. The quantitative estimate of drug-likeness (QED) is 0.845. The van der Waals surface area contributed by atoms with E-state index in [0.29, 0.717) is 5.69 Å². The van der Waals surface area contributed by atoms with Crippen LogP contribution in [0.2, 0.25) is 0 Å². The van der Waals surface area contributed by atoms with E-state index >= 15 is 0 Å². The maximum atomic E-state index is 14.0. The first kappa shape index (κ1) is 17.1. The summed E-state index contributed by atoms with van der Waals surface area (Å²) in [4.78, 5) is 16.0. The molecule has 0 unspecified atom stereocenters. The molecule has 4 rings (SSSR count). The number of nitrogens with zero attached hydrogens (tertiary/aromatic N) is 5. The van der Waals surface area contributed by atoms with Crippen molar-refractivity contribution in [3.8, 4) is 0 Å². The number of hydrogen-bond acceptors (Lipinski definition) is 5. The van der Waals surface area contributed by atoms with Crippen molar-refractivity contribution < 1.29 is 4.39 Å². The van der Waals surface area contributed by atoms with Gasteiger partial charge >= 0.3 is 0 Å². The Bertz CT molecular complexity index is 736. The summed E-state index contributed by atoms with van der Waals surface area (Å²) in [7, 11) is 0. The lowest BCUT2D eigenvalue weighted by molar-refractivity contribution is 0.436. The molecular formula is C20H26FN5. The van der Waals surface area contributed by atoms with Gasteiger partial charge in [-0.3, -0.25) is 0 Å². The zero-order valence-electron chi connectivity index (χ0n) is 15.3. The zero-order valence-corrected chi connectivity index (χ0v) is 15.3. The van der Waals surface area contributed by atoms with Crippen molar-refractivity contribution in [2.75, 3.05) is 54.0 Å². The fraction of sp³-hybridized carbons (Fsp3) is 0.500. The lowest BCUT2D eigenvalue weighted by Crippen LogP contribution is -2.47. The molecule has 1 aromatic heterocycles. The van der Waals surface area contributed by atoms with E-state index in [1.165, 1.54) is 18.9 Å². The highest BCUT2D eigenvalue weighted by Gasteiger charge is 2.22. The van der Waals surface area contributed by atoms with Crippen LogP contribution >= 0.6 is 0 Å². The molecular weight excluding hydrogens is 329 g/mol. The van der Waals surface area contributed by atoms with Crippen LogP contribution in [-0.2, 0) is 0 Å². The van der Waals surface area contributed by atoms with Crippen LogP contribution in [0.4, 0.5) is 21.8 Å². The van der Waals surface area contributed by atoms with Crippen LogP contribution in [0.25, 0.3) is 0 Å². The molecule has 0 atom stereocenters. The maximum Gasteiger partial charge on any atom is 0.227 e. The Kier molecular flexibility index (Phi) is 4.91. The van der Waals surface area contributed by atoms with E-state index in [2.05, 4.69) is 26.6 Å². The van der Waals surface area contributed by atoms with Gasteiger partial charge in [-0.05, 0) is 37.0 Å². The molecule has 0 aliphatic carbocycles. The number of hydrogen-bond donors (Lipinski definition) is 0. The second-order valence-electron chi connectivity index (χ2n) is 7.31. The zero-order chi connectivity index (χ0) is 17.9. The number of rotatable bonds is 3. The molecule has 0 spiro atoms. The molecule has 5 nitrogen and oxygen atoms in total. The number of para-hydroxylation sites is 1. The normalized spacial score (nSPS) is 19.1. The van der Waals surface area contributed by atoms with E-state index in [1.54, 1.807) is 6.07 Å². The first-order valence-corrected chi connectivity index (χ1v) is 9.53. The second kappa shape index (κ2) is 7.48. The largest absolute Gasteiger partial charge is 0.366 e. The van der Waals surface area contributed by atoms with Crippen LogP contribution in [0.1, 0.15) is 19.8 Å². The Morgan fingerprint density at radius 3 is 2.31 bits per heavy atom. The Morgan fingerprint density at radius 1 is 0.885 bits per heavy atom. The monoisotopic (exact) mass is 355 g/mol. The SMILES string of the molecule is CC1CCN(c2ccnc(N3CCN(c4ccccc4F)CC3)n2)CC1. The molecule has 138 valence electrons. The lowest BCUT2D eigenvalue weighted by Gasteiger charge is -2.37. The van der Waals surface area contributed by atoms with Crippen molar-refractivity contribution in [3.63, 3.8) is 0 Å². The standard InChI is InChI=1S/C20H26FN5/c1-16-7-10-25(11-8-16)19-6-9-22-20(23-19)26-14-12-24(13-15-26)18-5-3-2-4-17(18)21/h2-6,9,16H,7-8,10-15H2,1H3. The van der Waals surface area contributed by atoms with Gasteiger partial charge in [0.1, 0.15) is 11.6 Å².